The first-order valence-corrected chi connectivity index (χ1v) is 8.66. The number of hydrogen-bond acceptors (Lipinski definition) is 4. The van der Waals surface area contributed by atoms with Crippen molar-refractivity contribution in [2.45, 2.75) is 18.9 Å². The summed E-state index contributed by atoms with van der Waals surface area (Å²) in [6.45, 7) is 1.31. The Kier molecular flexibility index (Phi) is 5.35. The maximum absolute atomic E-state index is 12.9. The van der Waals surface area contributed by atoms with Crippen molar-refractivity contribution >= 4 is 21.8 Å². The van der Waals surface area contributed by atoms with Gasteiger partial charge in [-0.25, -0.2) is 0 Å². The largest absolute Gasteiger partial charge is 0.497 e. The van der Waals surface area contributed by atoms with E-state index in [9.17, 15) is 4.79 Å². The highest BCUT2D eigenvalue weighted by Gasteiger charge is 2.27. The lowest BCUT2D eigenvalue weighted by Crippen LogP contribution is -2.44. The fourth-order valence-corrected chi connectivity index (χ4v) is 3.21. The maximum Gasteiger partial charge on any atom is 0.255 e. The third-order valence-corrected chi connectivity index (χ3v) is 4.71. The van der Waals surface area contributed by atoms with Crippen LogP contribution in [0.4, 0.5) is 0 Å². The molecule has 5 nitrogen and oxygen atoms in total. The summed E-state index contributed by atoms with van der Waals surface area (Å²) in [5, 5.41) is 0. The minimum Gasteiger partial charge on any atom is -0.497 e. The molecule has 1 fully saturated rings. The van der Waals surface area contributed by atoms with Crippen molar-refractivity contribution in [1.29, 1.82) is 0 Å². The first-order valence-electron chi connectivity index (χ1n) is 7.87. The van der Waals surface area contributed by atoms with E-state index in [0.29, 0.717) is 17.9 Å². The number of piperidine rings is 1. The molecule has 1 saturated heterocycles. The number of hydrogen-bond donors (Lipinski definition) is 0. The van der Waals surface area contributed by atoms with Crippen LogP contribution in [-0.4, -0.2) is 42.1 Å². The van der Waals surface area contributed by atoms with E-state index in [1.165, 1.54) is 0 Å². The summed E-state index contributed by atoms with van der Waals surface area (Å²) in [6, 6.07) is 9.09. The Hall–Kier alpha value is -2.08. The van der Waals surface area contributed by atoms with Crippen molar-refractivity contribution in [2.24, 2.45) is 0 Å². The van der Waals surface area contributed by atoms with E-state index in [0.717, 1.165) is 29.6 Å². The van der Waals surface area contributed by atoms with Gasteiger partial charge in [-0.3, -0.25) is 9.78 Å². The highest BCUT2D eigenvalue weighted by molar-refractivity contribution is 9.10. The number of carbonyl (C=O) groups is 1. The van der Waals surface area contributed by atoms with Crippen LogP contribution in [0.15, 0.2) is 47.2 Å². The summed E-state index contributed by atoms with van der Waals surface area (Å²) in [7, 11) is 1.59. The highest BCUT2D eigenvalue weighted by Crippen LogP contribution is 2.26. The smallest absolute Gasteiger partial charge is 0.255 e. The molecule has 0 bridgehead atoms. The molecule has 126 valence electrons. The number of aromatic nitrogens is 1. The van der Waals surface area contributed by atoms with Crippen LogP contribution in [-0.2, 0) is 0 Å². The van der Waals surface area contributed by atoms with Crippen LogP contribution in [0, 0.1) is 0 Å². The average Bonchev–Trinajstić information content (AvgIpc) is 2.63. The number of rotatable bonds is 4. The second-order valence-corrected chi connectivity index (χ2v) is 6.52. The summed E-state index contributed by atoms with van der Waals surface area (Å²) >= 11 is 3.45. The molecule has 1 aromatic carbocycles. The normalized spacial score (nSPS) is 17.4. The Bertz CT molecular complexity index is 709. The van der Waals surface area contributed by atoms with Gasteiger partial charge in [0.05, 0.1) is 19.2 Å². The zero-order valence-electron chi connectivity index (χ0n) is 13.4. The third kappa shape index (κ3) is 3.87. The van der Waals surface area contributed by atoms with E-state index in [1.54, 1.807) is 25.6 Å². The number of likely N-dealkylation sites (tertiary alicyclic amines) is 1. The molecule has 0 unspecified atom stereocenters. The minimum absolute atomic E-state index is 0.00511. The van der Waals surface area contributed by atoms with Gasteiger partial charge in [-0.05, 0) is 59.1 Å². The van der Waals surface area contributed by atoms with Gasteiger partial charge in [0.1, 0.15) is 17.6 Å². The zero-order valence-corrected chi connectivity index (χ0v) is 15.0. The SMILES string of the molecule is COc1ccc(Br)c(C(=O)N2CCC[C@H](Oc3ccncc3)C2)c1. The summed E-state index contributed by atoms with van der Waals surface area (Å²) in [6.07, 6.45) is 5.26. The molecule has 3 rings (SSSR count). The van der Waals surface area contributed by atoms with Crippen molar-refractivity contribution in [3.05, 3.63) is 52.8 Å². The number of halogens is 1. The quantitative estimate of drug-likeness (QED) is 0.800. The van der Waals surface area contributed by atoms with Gasteiger partial charge in [0.15, 0.2) is 0 Å². The second kappa shape index (κ2) is 7.66. The number of methoxy groups -OCH3 is 1. The molecule has 1 amide bonds. The minimum atomic E-state index is -0.0104. The molecule has 1 atom stereocenters. The van der Waals surface area contributed by atoms with Crippen LogP contribution < -0.4 is 9.47 Å². The van der Waals surface area contributed by atoms with Crippen molar-refractivity contribution < 1.29 is 14.3 Å². The molecule has 0 radical (unpaired) electrons. The van der Waals surface area contributed by atoms with Gasteiger partial charge in [-0.15, -0.1) is 0 Å². The Morgan fingerprint density at radius 2 is 2.04 bits per heavy atom. The molecular weight excluding hydrogens is 372 g/mol. The molecular formula is C18H19BrN2O3. The van der Waals surface area contributed by atoms with Crippen LogP contribution in [0.2, 0.25) is 0 Å². The lowest BCUT2D eigenvalue weighted by atomic mass is 10.1. The van der Waals surface area contributed by atoms with Crippen LogP contribution in [0.5, 0.6) is 11.5 Å². The summed E-state index contributed by atoms with van der Waals surface area (Å²) in [5.41, 5.74) is 0.610. The molecule has 0 aliphatic carbocycles. The molecule has 1 aliphatic heterocycles. The van der Waals surface area contributed by atoms with Crippen LogP contribution in [0.25, 0.3) is 0 Å². The number of nitrogens with zero attached hydrogens (tertiary/aromatic N) is 2. The van der Waals surface area contributed by atoms with Gasteiger partial charge in [-0.1, -0.05) is 0 Å². The molecule has 2 aromatic rings. The van der Waals surface area contributed by atoms with E-state index in [2.05, 4.69) is 20.9 Å². The van der Waals surface area contributed by atoms with Crippen molar-refractivity contribution in [1.82, 2.24) is 9.88 Å². The fraction of sp³-hybridized carbons (Fsp3) is 0.333. The lowest BCUT2D eigenvalue weighted by Gasteiger charge is -2.33. The van der Waals surface area contributed by atoms with E-state index >= 15 is 0 Å². The molecule has 0 saturated carbocycles. The predicted octanol–water partition coefficient (Wildman–Crippen LogP) is 3.54. The molecule has 1 aliphatic rings. The average molecular weight is 391 g/mol. The molecule has 1 aromatic heterocycles. The fourth-order valence-electron chi connectivity index (χ4n) is 2.79. The standard InChI is InChI=1S/C18H19BrN2O3/c1-23-14-4-5-17(19)16(11-14)18(22)21-10-2-3-15(12-21)24-13-6-8-20-9-7-13/h4-9,11,15H,2-3,10,12H2,1H3/t15-/m0/s1. The van der Waals surface area contributed by atoms with Crippen LogP contribution in [0.3, 0.4) is 0 Å². The van der Waals surface area contributed by atoms with Crippen molar-refractivity contribution in [3.63, 3.8) is 0 Å². The van der Waals surface area contributed by atoms with Crippen molar-refractivity contribution in [3.8, 4) is 11.5 Å². The Morgan fingerprint density at radius 1 is 1.25 bits per heavy atom. The second-order valence-electron chi connectivity index (χ2n) is 5.66. The zero-order chi connectivity index (χ0) is 16.9. The Morgan fingerprint density at radius 3 is 2.79 bits per heavy atom. The molecule has 0 spiro atoms. The summed E-state index contributed by atoms with van der Waals surface area (Å²) in [5.74, 6) is 1.44. The third-order valence-electron chi connectivity index (χ3n) is 4.02. The number of pyridine rings is 1. The summed E-state index contributed by atoms with van der Waals surface area (Å²) in [4.78, 5) is 18.7. The van der Waals surface area contributed by atoms with Crippen LogP contribution >= 0.6 is 15.9 Å². The van der Waals surface area contributed by atoms with Gasteiger partial charge in [0.25, 0.3) is 5.91 Å². The van der Waals surface area contributed by atoms with Gasteiger partial charge in [0, 0.05) is 23.4 Å². The van der Waals surface area contributed by atoms with Crippen LogP contribution in [0.1, 0.15) is 23.2 Å². The van der Waals surface area contributed by atoms with E-state index in [-0.39, 0.29) is 12.0 Å². The van der Waals surface area contributed by atoms with Gasteiger partial charge >= 0.3 is 0 Å². The van der Waals surface area contributed by atoms with E-state index in [1.807, 2.05) is 29.2 Å². The first kappa shape index (κ1) is 16.8. The predicted molar refractivity (Wildman–Crippen MR) is 94.5 cm³/mol. The van der Waals surface area contributed by atoms with Crippen molar-refractivity contribution in [2.75, 3.05) is 20.2 Å². The molecule has 2 heterocycles. The topological polar surface area (TPSA) is 51.7 Å². The maximum atomic E-state index is 12.9. The first-order chi connectivity index (χ1) is 11.7. The number of ether oxygens (including phenoxy) is 2. The van der Waals surface area contributed by atoms with E-state index < -0.39 is 0 Å². The summed E-state index contributed by atoms with van der Waals surface area (Å²) < 4.78 is 12.0. The van der Waals surface area contributed by atoms with Gasteiger partial charge < -0.3 is 14.4 Å². The van der Waals surface area contributed by atoms with Gasteiger partial charge in [0.2, 0.25) is 0 Å². The molecule has 24 heavy (non-hydrogen) atoms. The van der Waals surface area contributed by atoms with Gasteiger partial charge in [-0.2, -0.15) is 0 Å². The van der Waals surface area contributed by atoms with E-state index in [4.69, 9.17) is 9.47 Å². The number of carbonyl (C=O) groups excluding carboxylic acids is 1. The molecule has 6 heteroatoms. The highest BCUT2D eigenvalue weighted by atomic mass is 79.9. The lowest BCUT2D eigenvalue weighted by molar-refractivity contribution is 0.0536. The monoisotopic (exact) mass is 390 g/mol. The Balaban J connectivity index is 1.71. The molecule has 0 N–H and O–H groups in total. The number of benzene rings is 1. The number of amides is 1. The Labute approximate surface area is 149 Å².